The van der Waals surface area contributed by atoms with Crippen molar-refractivity contribution in [2.24, 2.45) is 5.73 Å². The zero-order valence-electron chi connectivity index (χ0n) is 10.9. The highest BCUT2D eigenvalue weighted by Crippen LogP contribution is 2.32. The second-order valence-electron chi connectivity index (χ2n) is 4.73. The van der Waals surface area contributed by atoms with Crippen molar-refractivity contribution in [3.05, 3.63) is 53.2 Å². The van der Waals surface area contributed by atoms with Gasteiger partial charge in [0.05, 0.1) is 11.8 Å². The second kappa shape index (κ2) is 5.66. The summed E-state index contributed by atoms with van der Waals surface area (Å²) < 4.78 is 44.0. The lowest BCUT2D eigenvalue weighted by molar-refractivity contribution is -0.138. The predicted molar refractivity (Wildman–Crippen MR) is 68.1 cm³/mol. The van der Waals surface area contributed by atoms with Crippen molar-refractivity contribution in [2.75, 3.05) is 0 Å². The van der Waals surface area contributed by atoms with Crippen LogP contribution in [-0.2, 0) is 19.0 Å². The van der Waals surface area contributed by atoms with Crippen LogP contribution < -0.4 is 5.73 Å². The molecule has 0 spiro atoms. The highest BCUT2D eigenvalue weighted by Gasteiger charge is 2.33. The number of hydrogen-bond acceptors (Lipinski definition) is 3. The number of oxazole rings is 1. The summed E-state index contributed by atoms with van der Waals surface area (Å²) in [5, 5.41) is 0. The molecule has 2 N–H and O–H groups in total. The van der Waals surface area contributed by atoms with Crippen LogP contribution in [0.25, 0.3) is 0 Å². The molecule has 108 valence electrons. The first-order valence-electron chi connectivity index (χ1n) is 6.20. The van der Waals surface area contributed by atoms with Gasteiger partial charge in [-0.15, -0.1) is 0 Å². The van der Waals surface area contributed by atoms with E-state index in [-0.39, 0.29) is 23.9 Å². The molecule has 0 aliphatic carbocycles. The molecule has 0 aliphatic rings. The minimum absolute atomic E-state index is 0.00857. The quantitative estimate of drug-likeness (QED) is 0.938. The average molecular weight is 284 g/mol. The zero-order chi connectivity index (χ0) is 14.8. The van der Waals surface area contributed by atoms with E-state index in [1.54, 1.807) is 6.07 Å². The fourth-order valence-corrected chi connectivity index (χ4v) is 1.96. The molecule has 1 heterocycles. The summed E-state index contributed by atoms with van der Waals surface area (Å²) in [7, 11) is 0. The van der Waals surface area contributed by atoms with Gasteiger partial charge in [0.25, 0.3) is 0 Å². The summed E-state index contributed by atoms with van der Waals surface area (Å²) in [5.41, 5.74) is 5.12. The van der Waals surface area contributed by atoms with Crippen LogP contribution >= 0.6 is 0 Å². The van der Waals surface area contributed by atoms with Crippen molar-refractivity contribution in [3.8, 4) is 0 Å². The van der Waals surface area contributed by atoms with Gasteiger partial charge in [0, 0.05) is 18.9 Å². The van der Waals surface area contributed by atoms with Gasteiger partial charge in [-0.3, -0.25) is 0 Å². The van der Waals surface area contributed by atoms with Crippen molar-refractivity contribution in [3.63, 3.8) is 0 Å². The first kappa shape index (κ1) is 14.6. The van der Waals surface area contributed by atoms with Crippen LogP contribution in [0.2, 0.25) is 0 Å². The summed E-state index contributed by atoms with van der Waals surface area (Å²) >= 11 is 0. The lowest BCUT2D eigenvalue weighted by Gasteiger charge is -2.11. The van der Waals surface area contributed by atoms with Crippen molar-refractivity contribution in [1.82, 2.24) is 4.98 Å². The lowest BCUT2D eigenvalue weighted by atomic mass is 10.0. The smallest absolute Gasteiger partial charge is 0.416 e. The molecule has 1 aromatic heterocycles. The Morgan fingerprint density at radius 1 is 1.30 bits per heavy atom. The van der Waals surface area contributed by atoms with Crippen LogP contribution in [0.3, 0.4) is 0 Å². The number of benzene rings is 1. The Morgan fingerprint density at radius 2 is 2.00 bits per heavy atom. The molecular weight excluding hydrogens is 269 g/mol. The van der Waals surface area contributed by atoms with Gasteiger partial charge in [0.2, 0.25) is 0 Å². The van der Waals surface area contributed by atoms with E-state index in [2.05, 4.69) is 4.98 Å². The molecule has 3 nitrogen and oxygen atoms in total. The fourth-order valence-electron chi connectivity index (χ4n) is 1.96. The number of aromatic nitrogens is 1. The van der Waals surface area contributed by atoms with E-state index in [0.29, 0.717) is 12.2 Å². The maximum atomic E-state index is 12.9. The molecule has 0 fully saturated rings. The topological polar surface area (TPSA) is 52.0 Å². The summed E-state index contributed by atoms with van der Waals surface area (Å²) in [4.78, 5) is 4.00. The Morgan fingerprint density at radius 3 is 2.65 bits per heavy atom. The molecule has 0 saturated heterocycles. The molecule has 0 saturated carbocycles. The Bertz CT molecular complexity index is 576. The molecular formula is C14H15F3N2O. The number of rotatable bonds is 4. The van der Waals surface area contributed by atoms with E-state index >= 15 is 0 Å². The minimum Gasteiger partial charge on any atom is -0.445 e. The van der Waals surface area contributed by atoms with E-state index < -0.39 is 11.7 Å². The van der Waals surface area contributed by atoms with Crippen LogP contribution in [0.4, 0.5) is 13.2 Å². The van der Waals surface area contributed by atoms with Crippen molar-refractivity contribution < 1.29 is 17.6 Å². The van der Waals surface area contributed by atoms with Crippen LogP contribution in [0.5, 0.6) is 0 Å². The Labute approximate surface area is 114 Å². The molecule has 0 aliphatic heterocycles. The van der Waals surface area contributed by atoms with E-state index in [1.807, 2.05) is 6.92 Å². The number of halogens is 3. The molecule has 6 heteroatoms. The highest BCUT2D eigenvalue weighted by atomic mass is 19.4. The number of nitrogens with two attached hydrogens (primary N) is 1. The molecule has 1 unspecified atom stereocenters. The minimum atomic E-state index is -4.38. The van der Waals surface area contributed by atoms with Crippen LogP contribution in [0.15, 0.2) is 34.9 Å². The van der Waals surface area contributed by atoms with Gasteiger partial charge in [-0.1, -0.05) is 18.2 Å². The fraction of sp³-hybridized carbons (Fsp3) is 0.357. The van der Waals surface area contributed by atoms with Gasteiger partial charge in [-0.2, -0.15) is 13.2 Å². The van der Waals surface area contributed by atoms with Crippen LogP contribution in [-0.4, -0.2) is 11.0 Å². The van der Waals surface area contributed by atoms with Gasteiger partial charge in [0.15, 0.2) is 5.89 Å². The second-order valence-corrected chi connectivity index (χ2v) is 4.73. The molecule has 0 radical (unpaired) electrons. The Kier molecular flexibility index (Phi) is 4.13. The molecule has 0 bridgehead atoms. The SMILES string of the molecule is CC(N)Cc1cnc(Cc2ccccc2C(F)(F)F)o1. The van der Waals surface area contributed by atoms with E-state index in [4.69, 9.17) is 10.2 Å². The lowest BCUT2D eigenvalue weighted by Crippen LogP contribution is -2.17. The number of hydrogen-bond donors (Lipinski definition) is 1. The third-order valence-electron chi connectivity index (χ3n) is 2.79. The standard InChI is InChI=1S/C14H15F3N2O/c1-9(18)6-11-8-19-13(20-11)7-10-4-2-3-5-12(10)14(15,16)17/h2-5,8-9H,6-7,18H2,1H3. The van der Waals surface area contributed by atoms with Gasteiger partial charge in [-0.05, 0) is 18.6 Å². The average Bonchev–Trinajstić information content (AvgIpc) is 2.75. The van der Waals surface area contributed by atoms with Crippen LogP contribution in [0, 0.1) is 0 Å². The van der Waals surface area contributed by atoms with Gasteiger partial charge in [-0.25, -0.2) is 4.98 Å². The van der Waals surface area contributed by atoms with Gasteiger partial charge >= 0.3 is 6.18 Å². The monoisotopic (exact) mass is 284 g/mol. The Balaban J connectivity index is 2.20. The maximum absolute atomic E-state index is 12.9. The highest BCUT2D eigenvalue weighted by molar-refractivity contribution is 5.31. The first-order valence-corrected chi connectivity index (χ1v) is 6.20. The summed E-state index contributed by atoms with van der Waals surface area (Å²) in [5.74, 6) is 0.844. The molecule has 2 rings (SSSR count). The normalized spacial score (nSPS) is 13.4. The van der Waals surface area contributed by atoms with Crippen molar-refractivity contribution >= 4 is 0 Å². The number of nitrogens with zero attached hydrogens (tertiary/aromatic N) is 1. The van der Waals surface area contributed by atoms with Gasteiger partial charge in [0.1, 0.15) is 5.76 Å². The molecule has 2 aromatic rings. The van der Waals surface area contributed by atoms with Crippen molar-refractivity contribution in [1.29, 1.82) is 0 Å². The Hall–Kier alpha value is -1.82. The first-order chi connectivity index (χ1) is 9.36. The van der Waals surface area contributed by atoms with Crippen molar-refractivity contribution in [2.45, 2.75) is 32.0 Å². The molecule has 1 atom stereocenters. The van der Waals surface area contributed by atoms with E-state index in [9.17, 15) is 13.2 Å². The summed E-state index contributed by atoms with van der Waals surface area (Å²) in [6.07, 6.45) is -2.35. The molecule has 0 amide bonds. The van der Waals surface area contributed by atoms with Gasteiger partial charge < -0.3 is 10.2 Å². The predicted octanol–water partition coefficient (Wildman–Crippen LogP) is 3.17. The van der Waals surface area contributed by atoms with E-state index in [1.165, 1.54) is 18.3 Å². The largest absolute Gasteiger partial charge is 0.445 e. The number of alkyl halides is 3. The third kappa shape index (κ3) is 3.60. The summed E-state index contributed by atoms with van der Waals surface area (Å²) in [6.45, 7) is 1.82. The van der Waals surface area contributed by atoms with E-state index in [0.717, 1.165) is 6.07 Å². The maximum Gasteiger partial charge on any atom is 0.416 e. The zero-order valence-corrected chi connectivity index (χ0v) is 10.9. The van der Waals surface area contributed by atoms with Crippen LogP contribution in [0.1, 0.15) is 29.7 Å². The molecule has 20 heavy (non-hydrogen) atoms. The third-order valence-corrected chi connectivity index (χ3v) is 2.79. The summed E-state index contributed by atoms with van der Waals surface area (Å²) in [6, 6.07) is 5.33. The molecule has 1 aromatic carbocycles.